The average molecular weight is 512 g/mol. The Bertz CT molecular complexity index is 1230. The van der Waals surface area contributed by atoms with Gasteiger partial charge in [0, 0.05) is 19.6 Å². The van der Waals surface area contributed by atoms with Crippen LogP contribution in [0.25, 0.3) is 11.1 Å². The minimum atomic E-state index is -0.563. The number of benzene rings is 3. The van der Waals surface area contributed by atoms with Crippen molar-refractivity contribution < 1.29 is 8.78 Å². The molecule has 1 saturated heterocycles. The lowest BCUT2D eigenvalue weighted by atomic mass is 9.86. The van der Waals surface area contributed by atoms with E-state index in [1.54, 1.807) is 6.07 Å². The van der Waals surface area contributed by atoms with E-state index in [-0.39, 0.29) is 16.7 Å². The predicted molar refractivity (Wildman–Crippen MR) is 142 cm³/mol. The summed E-state index contributed by atoms with van der Waals surface area (Å²) in [6.07, 6.45) is 4.40. The van der Waals surface area contributed by atoms with Crippen LogP contribution in [0.1, 0.15) is 47.1 Å². The smallest absolute Gasteiger partial charge is 0.160 e. The maximum atomic E-state index is 14.7. The normalized spacial score (nSPS) is 16.7. The Morgan fingerprint density at radius 3 is 2.43 bits per heavy atom. The van der Waals surface area contributed by atoms with Gasteiger partial charge in [0.1, 0.15) is 0 Å². The molecule has 0 amide bonds. The van der Waals surface area contributed by atoms with Gasteiger partial charge in [-0.3, -0.25) is 4.39 Å². The molecule has 182 valence electrons. The number of hydrogen-bond acceptors (Lipinski definition) is 1. The minimum absolute atomic E-state index is 0.0403. The topological polar surface area (TPSA) is 3.24 Å². The van der Waals surface area contributed by atoms with Crippen LogP contribution < -0.4 is 0 Å². The van der Waals surface area contributed by atoms with Crippen LogP contribution in [0, 0.1) is 11.7 Å². The lowest BCUT2D eigenvalue weighted by Gasteiger charge is -2.39. The van der Waals surface area contributed by atoms with Crippen LogP contribution in [0.2, 0.25) is 10.0 Å². The number of allylic oxidation sites excluding steroid dienone is 1. The Hall–Kier alpha value is -2.20. The van der Waals surface area contributed by atoms with Crippen LogP contribution in [0.5, 0.6) is 0 Å². The molecule has 0 unspecified atom stereocenters. The highest BCUT2D eigenvalue weighted by Gasteiger charge is 2.26. The molecule has 3 aromatic rings. The first-order chi connectivity index (χ1) is 17.0. The van der Waals surface area contributed by atoms with Gasteiger partial charge in [-0.2, -0.15) is 0 Å². The molecule has 0 saturated carbocycles. The third-order valence-electron chi connectivity index (χ3n) is 7.23. The van der Waals surface area contributed by atoms with Gasteiger partial charge >= 0.3 is 0 Å². The predicted octanol–water partition coefficient (Wildman–Crippen LogP) is 8.26. The Morgan fingerprint density at radius 1 is 0.886 bits per heavy atom. The van der Waals surface area contributed by atoms with E-state index in [4.69, 9.17) is 23.2 Å². The summed E-state index contributed by atoms with van der Waals surface area (Å²) in [4.78, 5) is 2.33. The molecule has 1 heterocycles. The van der Waals surface area contributed by atoms with E-state index < -0.39 is 5.82 Å². The van der Waals surface area contributed by atoms with Gasteiger partial charge < -0.3 is 4.90 Å². The number of alkyl halides is 1. The fraction of sp³-hybridized carbons (Fsp3) is 0.333. The summed E-state index contributed by atoms with van der Waals surface area (Å²) in [5, 5.41) is 0.127. The number of fused-ring (bicyclic) bond motifs is 1. The van der Waals surface area contributed by atoms with E-state index in [0.29, 0.717) is 17.9 Å². The fourth-order valence-electron chi connectivity index (χ4n) is 5.50. The maximum Gasteiger partial charge on any atom is 0.160 e. The van der Waals surface area contributed by atoms with Crippen LogP contribution in [-0.4, -0.2) is 31.2 Å². The largest absolute Gasteiger partial charge is 0.303 e. The molecule has 1 nitrogen and oxygen atoms in total. The summed E-state index contributed by atoms with van der Waals surface area (Å²) in [6, 6.07) is 20.7. The minimum Gasteiger partial charge on any atom is -0.303 e. The molecular weight excluding hydrogens is 483 g/mol. The molecule has 1 aliphatic heterocycles. The van der Waals surface area contributed by atoms with Gasteiger partial charge in [0.25, 0.3) is 0 Å². The summed E-state index contributed by atoms with van der Waals surface area (Å²) in [7, 11) is 0. The number of rotatable bonds is 7. The summed E-state index contributed by atoms with van der Waals surface area (Å²) in [5.41, 5.74) is 7.80. The Morgan fingerprint density at radius 2 is 1.66 bits per heavy atom. The maximum absolute atomic E-state index is 14.7. The monoisotopic (exact) mass is 511 g/mol. The zero-order chi connectivity index (χ0) is 24.4. The zero-order valence-corrected chi connectivity index (χ0v) is 21.2. The zero-order valence-electron chi connectivity index (χ0n) is 19.7. The fourth-order valence-corrected chi connectivity index (χ4v) is 5.98. The first-order valence-corrected chi connectivity index (χ1v) is 13.1. The van der Waals surface area contributed by atoms with Crippen LogP contribution in [-0.2, 0) is 12.8 Å². The van der Waals surface area contributed by atoms with Crippen molar-refractivity contribution in [2.75, 3.05) is 26.3 Å². The SMILES string of the molecule is FCCCN1CC(Cc2ccc(C3=C(c4ccc(Cl)c(F)c4Cl)CCCc4ccccc43)cc2)C1. The molecule has 0 N–H and O–H groups in total. The van der Waals surface area contributed by atoms with Crippen molar-refractivity contribution >= 4 is 34.3 Å². The van der Waals surface area contributed by atoms with Gasteiger partial charge in [0.2, 0.25) is 0 Å². The molecule has 1 aliphatic carbocycles. The van der Waals surface area contributed by atoms with Gasteiger partial charge in [-0.05, 0) is 83.1 Å². The number of halogens is 4. The Balaban J connectivity index is 1.49. The molecule has 2 aliphatic rings. The Labute approximate surface area is 216 Å². The third-order valence-corrected chi connectivity index (χ3v) is 7.89. The number of aryl methyl sites for hydroxylation is 1. The summed E-state index contributed by atoms with van der Waals surface area (Å²) < 4.78 is 27.1. The van der Waals surface area contributed by atoms with E-state index in [2.05, 4.69) is 53.4 Å². The van der Waals surface area contributed by atoms with Crippen LogP contribution in [0.15, 0.2) is 60.7 Å². The van der Waals surface area contributed by atoms with Crippen LogP contribution >= 0.6 is 23.2 Å². The Kier molecular flexibility index (Phi) is 7.57. The van der Waals surface area contributed by atoms with Crippen LogP contribution in [0.3, 0.4) is 0 Å². The molecular formula is C30H29Cl2F2N. The summed E-state index contributed by atoms with van der Waals surface area (Å²) >= 11 is 12.5. The second-order valence-corrected chi connectivity index (χ2v) is 10.4. The molecule has 0 aromatic heterocycles. The second-order valence-electron chi connectivity index (χ2n) is 9.66. The molecule has 0 radical (unpaired) electrons. The van der Waals surface area contributed by atoms with Crippen LogP contribution in [0.4, 0.5) is 8.78 Å². The summed E-state index contributed by atoms with van der Waals surface area (Å²) in [5.74, 6) is 0.0660. The van der Waals surface area contributed by atoms with Crippen molar-refractivity contribution in [1.29, 1.82) is 0 Å². The highest BCUT2D eigenvalue weighted by molar-refractivity contribution is 6.36. The van der Waals surface area contributed by atoms with Crippen molar-refractivity contribution in [3.8, 4) is 0 Å². The molecule has 0 bridgehead atoms. The number of likely N-dealkylation sites (tertiary alicyclic amines) is 1. The van der Waals surface area contributed by atoms with Crippen molar-refractivity contribution in [1.82, 2.24) is 4.90 Å². The molecule has 3 aromatic carbocycles. The third kappa shape index (κ3) is 5.18. The molecule has 0 spiro atoms. The average Bonchev–Trinajstić information content (AvgIpc) is 3.04. The van der Waals surface area contributed by atoms with E-state index in [1.807, 2.05) is 6.07 Å². The number of hydrogen-bond donors (Lipinski definition) is 0. The molecule has 5 rings (SSSR count). The molecule has 1 fully saturated rings. The first kappa shape index (κ1) is 24.5. The van der Waals surface area contributed by atoms with E-state index in [0.717, 1.165) is 62.0 Å². The van der Waals surface area contributed by atoms with Crippen molar-refractivity contribution in [2.45, 2.75) is 32.1 Å². The highest BCUT2D eigenvalue weighted by Crippen LogP contribution is 2.43. The molecule has 0 atom stereocenters. The lowest BCUT2D eigenvalue weighted by Crippen LogP contribution is -2.47. The van der Waals surface area contributed by atoms with Gasteiger partial charge in [0.15, 0.2) is 5.82 Å². The summed E-state index contributed by atoms with van der Waals surface area (Å²) in [6.45, 7) is 2.71. The van der Waals surface area contributed by atoms with E-state index >= 15 is 0 Å². The standard InChI is InChI=1S/C30H29Cl2F2N/c31-27-14-13-26(29(32)30(27)34)25-8-3-6-22-5-1-2-7-24(22)28(25)23-11-9-20(10-12-23)17-21-18-35(19-21)16-4-15-33/h1-2,5,7,9-14,21H,3-4,6,8,15-19H2. The second kappa shape index (κ2) is 10.8. The molecule has 5 heteroatoms. The first-order valence-electron chi connectivity index (χ1n) is 12.4. The van der Waals surface area contributed by atoms with Gasteiger partial charge in [-0.1, -0.05) is 77.8 Å². The van der Waals surface area contributed by atoms with Crippen molar-refractivity contribution in [2.24, 2.45) is 5.92 Å². The van der Waals surface area contributed by atoms with E-state index in [9.17, 15) is 8.78 Å². The van der Waals surface area contributed by atoms with Crippen molar-refractivity contribution in [3.05, 3.63) is 104 Å². The van der Waals surface area contributed by atoms with E-state index in [1.165, 1.54) is 16.7 Å². The quantitative estimate of drug-likeness (QED) is 0.288. The lowest BCUT2D eigenvalue weighted by molar-refractivity contribution is 0.0968. The van der Waals surface area contributed by atoms with Gasteiger partial charge in [-0.25, -0.2) is 4.39 Å². The highest BCUT2D eigenvalue weighted by atomic mass is 35.5. The number of nitrogens with zero attached hydrogens (tertiary/aromatic N) is 1. The van der Waals surface area contributed by atoms with Gasteiger partial charge in [0.05, 0.1) is 16.7 Å². The molecule has 35 heavy (non-hydrogen) atoms. The van der Waals surface area contributed by atoms with Crippen molar-refractivity contribution in [3.63, 3.8) is 0 Å². The van der Waals surface area contributed by atoms with Gasteiger partial charge in [-0.15, -0.1) is 0 Å².